The maximum Gasteiger partial charge on any atom is 0.317 e. The molecule has 7 heteroatoms. The molecule has 0 aliphatic carbocycles. The molecule has 0 bridgehead atoms. The molecule has 1 saturated heterocycles. The Bertz CT molecular complexity index is 974. The number of nitrogens with one attached hydrogen (secondary N) is 1. The summed E-state index contributed by atoms with van der Waals surface area (Å²) in [6, 6.07) is 8.09. The molecule has 1 aromatic carbocycles. The summed E-state index contributed by atoms with van der Waals surface area (Å²) in [5, 5.41) is 4.20. The lowest BCUT2D eigenvalue weighted by Gasteiger charge is -2.34. The van der Waals surface area contributed by atoms with Crippen molar-refractivity contribution in [2.24, 2.45) is 7.05 Å². The van der Waals surface area contributed by atoms with Gasteiger partial charge in [0, 0.05) is 63.7 Å². The van der Waals surface area contributed by atoms with Gasteiger partial charge in [0.1, 0.15) is 5.82 Å². The predicted molar refractivity (Wildman–Crippen MR) is 109 cm³/mol. The number of hydrogen-bond donors (Lipinski definition) is 1. The van der Waals surface area contributed by atoms with E-state index in [0.717, 1.165) is 55.0 Å². The Hall–Kier alpha value is -2.93. The first-order valence-electron chi connectivity index (χ1n) is 9.66. The largest absolute Gasteiger partial charge is 0.337 e. The van der Waals surface area contributed by atoms with Crippen LogP contribution in [0.2, 0.25) is 0 Å². The monoisotopic (exact) mass is 378 g/mol. The molecule has 146 valence electrons. The molecular formula is C21H26N6O. The van der Waals surface area contributed by atoms with Gasteiger partial charge in [0.25, 0.3) is 0 Å². The summed E-state index contributed by atoms with van der Waals surface area (Å²) < 4.78 is 2.04. The van der Waals surface area contributed by atoms with Crippen LogP contribution >= 0.6 is 0 Å². The van der Waals surface area contributed by atoms with Crippen molar-refractivity contribution in [1.82, 2.24) is 29.7 Å². The van der Waals surface area contributed by atoms with Gasteiger partial charge in [0.05, 0.1) is 12.1 Å². The fourth-order valence-electron chi connectivity index (χ4n) is 3.69. The molecule has 1 N–H and O–H groups in total. The van der Waals surface area contributed by atoms with E-state index in [9.17, 15) is 4.79 Å². The van der Waals surface area contributed by atoms with E-state index in [-0.39, 0.29) is 6.03 Å². The number of urea groups is 1. The van der Waals surface area contributed by atoms with Gasteiger partial charge < -0.3 is 14.8 Å². The molecule has 3 heterocycles. The van der Waals surface area contributed by atoms with Gasteiger partial charge in [-0.15, -0.1) is 0 Å². The molecule has 2 amide bonds. The first-order chi connectivity index (χ1) is 13.6. The first kappa shape index (κ1) is 18.4. The minimum Gasteiger partial charge on any atom is -0.337 e. The second-order valence-corrected chi connectivity index (χ2v) is 7.31. The standard InChI is InChI=1S/C21H26N6O/c1-16-5-6-19-17(4-3-7-22-19)18(16)14-24-21(28)27-12-10-26(11-13-27)15-20-23-8-9-25(20)2/h3-9H,10-15H2,1-2H3,(H,24,28). The van der Waals surface area contributed by atoms with Crippen LogP contribution in [-0.2, 0) is 20.1 Å². The third-order valence-electron chi connectivity index (χ3n) is 5.49. The first-order valence-corrected chi connectivity index (χ1v) is 9.66. The number of rotatable bonds is 4. The summed E-state index contributed by atoms with van der Waals surface area (Å²) >= 11 is 0. The Kier molecular flexibility index (Phi) is 5.25. The minimum atomic E-state index is -0.00284. The third kappa shape index (κ3) is 3.84. The second kappa shape index (κ2) is 7.98. The van der Waals surface area contributed by atoms with E-state index >= 15 is 0 Å². The summed E-state index contributed by atoms with van der Waals surface area (Å²) in [6.45, 7) is 6.58. The summed E-state index contributed by atoms with van der Waals surface area (Å²) in [5.41, 5.74) is 3.26. The lowest BCUT2D eigenvalue weighted by molar-refractivity contribution is 0.132. The van der Waals surface area contributed by atoms with Crippen LogP contribution in [-0.4, -0.2) is 56.5 Å². The van der Waals surface area contributed by atoms with E-state index < -0.39 is 0 Å². The predicted octanol–water partition coefficient (Wildman–Crippen LogP) is 2.30. The number of amides is 2. The fraction of sp³-hybridized carbons (Fsp3) is 0.381. The summed E-state index contributed by atoms with van der Waals surface area (Å²) in [5.74, 6) is 1.05. The Morgan fingerprint density at radius 3 is 2.68 bits per heavy atom. The van der Waals surface area contributed by atoms with Crippen molar-refractivity contribution in [3.05, 3.63) is 59.8 Å². The maximum absolute atomic E-state index is 12.7. The van der Waals surface area contributed by atoms with Crippen molar-refractivity contribution >= 4 is 16.9 Å². The van der Waals surface area contributed by atoms with Crippen LogP contribution in [0.25, 0.3) is 10.9 Å². The molecule has 0 saturated carbocycles. The van der Waals surface area contributed by atoms with Crippen LogP contribution in [0.15, 0.2) is 42.9 Å². The average Bonchev–Trinajstić information content (AvgIpc) is 3.12. The molecule has 28 heavy (non-hydrogen) atoms. The van der Waals surface area contributed by atoms with Crippen LogP contribution in [0.3, 0.4) is 0 Å². The molecule has 0 spiro atoms. The Balaban J connectivity index is 1.33. The highest BCUT2D eigenvalue weighted by Crippen LogP contribution is 2.20. The highest BCUT2D eigenvalue weighted by molar-refractivity contribution is 5.84. The van der Waals surface area contributed by atoms with Gasteiger partial charge in [0.15, 0.2) is 0 Å². The zero-order chi connectivity index (χ0) is 19.5. The summed E-state index contributed by atoms with van der Waals surface area (Å²) in [6.07, 6.45) is 5.58. The number of pyridine rings is 1. The number of carbonyl (C=O) groups excluding carboxylic acids is 1. The van der Waals surface area contributed by atoms with Gasteiger partial charge in [-0.05, 0) is 30.2 Å². The van der Waals surface area contributed by atoms with Gasteiger partial charge in [-0.1, -0.05) is 12.1 Å². The highest BCUT2D eigenvalue weighted by Gasteiger charge is 2.22. The SMILES string of the molecule is Cc1ccc2ncccc2c1CNC(=O)N1CCN(Cc2nccn2C)CC1. The molecule has 0 atom stereocenters. The molecule has 7 nitrogen and oxygen atoms in total. The summed E-state index contributed by atoms with van der Waals surface area (Å²) in [4.78, 5) is 25.7. The number of fused-ring (bicyclic) bond motifs is 1. The zero-order valence-corrected chi connectivity index (χ0v) is 16.4. The highest BCUT2D eigenvalue weighted by atomic mass is 16.2. The molecule has 0 radical (unpaired) electrons. The van der Waals surface area contributed by atoms with Gasteiger partial charge in [-0.2, -0.15) is 0 Å². The zero-order valence-electron chi connectivity index (χ0n) is 16.4. The number of piperazine rings is 1. The number of aromatic nitrogens is 3. The van der Waals surface area contributed by atoms with E-state index in [1.54, 1.807) is 6.20 Å². The molecule has 1 fully saturated rings. The number of benzene rings is 1. The van der Waals surface area contributed by atoms with Gasteiger partial charge in [-0.25, -0.2) is 9.78 Å². The van der Waals surface area contributed by atoms with Crippen LogP contribution in [0, 0.1) is 6.92 Å². The number of carbonyl (C=O) groups is 1. The lowest BCUT2D eigenvalue weighted by Crippen LogP contribution is -2.51. The fourth-order valence-corrected chi connectivity index (χ4v) is 3.69. The Morgan fingerprint density at radius 2 is 1.93 bits per heavy atom. The molecule has 2 aromatic heterocycles. The van der Waals surface area contributed by atoms with Crippen molar-refractivity contribution in [3.8, 4) is 0 Å². The topological polar surface area (TPSA) is 66.3 Å². The van der Waals surface area contributed by atoms with Gasteiger partial charge in [0.2, 0.25) is 0 Å². The molecule has 3 aromatic rings. The maximum atomic E-state index is 12.7. The van der Waals surface area contributed by atoms with E-state index in [1.807, 2.05) is 41.0 Å². The molecule has 1 aliphatic rings. The van der Waals surface area contributed by atoms with Crippen LogP contribution in [0.1, 0.15) is 17.0 Å². The third-order valence-corrected chi connectivity index (χ3v) is 5.49. The molecule has 1 aliphatic heterocycles. The number of hydrogen-bond acceptors (Lipinski definition) is 4. The van der Waals surface area contributed by atoms with E-state index in [4.69, 9.17) is 0 Å². The van der Waals surface area contributed by atoms with E-state index in [2.05, 4.69) is 39.2 Å². The van der Waals surface area contributed by atoms with Crippen LogP contribution < -0.4 is 5.32 Å². The van der Waals surface area contributed by atoms with E-state index in [0.29, 0.717) is 6.54 Å². The van der Waals surface area contributed by atoms with E-state index in [1.165, 1.54) is 5.56 Å². The lowest BCUT2D eigenvalue weighted by atomic mass is 10.0. The van der Waals surface area contributed by atoms with Crippen LogP contribution in [0.5, 0.6) is 0 Å². The summed E-state index contributed by atoms with van der Waals surface area (Å²) in [7, 11) is 2.01. The van der Waals surface area contributed by atoms with Crippen molar-refractivity contribution < 1.29 is 4.79 Å². The van der Waals surface area contributed by atoms with Gasteiger partial charge in [-0.3, -0.25) is 9.88 Å². The number of nitrogens with zero attached hydrogens (tertiary/aromatic N) is 5. The van der Waals surface area contributed by atoms with Gasteiger partial charge >= 0.3 is 6.03 Å². The van der Waals surface area contributed by atoms with Crippen LogP contribution in [0.4, 0.5) is 4.79 Å². The van der Waals surface area contributed by atoms with Crippen molar-refractivity contribution in [1.29, 1.82) is 0 Å². The quantitative estimate of drug-likeness (QED) is 0.757. The average molecular weight is 378 g/mol. The number of aryl methyl sites for hydroxylation is 2. The molecule has 0 unspecified atom stereocenters. The Morgan fingerprint density at radius 1 is 1.11 bits per heavy atom. The van der Waals surface area contributed by atoms with Crippen molar-refractivity contribution in [2.75, 3.05) is 26.2 Å². The van der Waals surface area contributed by atoms with Crippen molar-refractivity contribution in [2.45, 2.75) is 20.0 Å². The molecule has 4 rings (SSSR count). The normalized spacial score (nSPS) is 15.1. The number of imidazole rings is 1. The smallest absolute Gasteiger partial charge is 0.317 e. The minimum absolute atomic E-state index is 0.00284. The Labute approximate surface area is 165 Å². The second-order valence-electron chi connectivity index (χ2n) is 7.31. The molecular weight excluding hydrogens is 352 g/mol. The van der Waals surface area contributed by atoms with Crippen molar-refractivity contribution in [3.63, 3.8) is 0 Å².